The van der Waals surface area contributed by atoms with Crippen molar-refractivity contribution in [1.29, 1.82) is 0 Å². The van der Waals surface area contributed by atoms with E-state index in [2.05, 4.69) is 10.5 Å². The number of esters is 1. The summed E-state index contributed by atoms with van der Waals surface area (Å²) < 4.78 is 42.6. The van der Waals surface area contributed by atoms with Gasteiger partial charge in [-0.05, 0) is 50.3 Å². The zero-order valence-corrected chi connectivity index (χ0v) is 18.9. The van der Waals surface area contributed by atoms with E-state index in [-0.39, 0.29) is 18.1 Å². The minimum absolute atomic E-state index is 0.0468. The number of aromatic nitrogens is 1. The van der Waals surface area contributed by atoms with Crippen LogP contribution in [-0.2, 0) is 24.2 Å². The number of hydrogen-bond acceptors (Lipinski definition) is 7. The highest BCUT2D eigenvalue weighted by atomic mass is 32.1. The number of hydrogen-bond donors (Lipinski definition) is 1. The number of amides is 1. The number of halogens is 2. The number of carbonyl (C=O) groups excluding carboxylic acids is 2. The molecule has 33 heavy (non-hydrogen) atoms. The molecule has 0 aliphatic heterocycles. The lowest BCUT2D eigenvalue weighted by atomic mass is 10.1. The SMILES string of the molecule is COC(=O)c1c(NC(=O)c2noc(C)c2COc2ccc(F)cc2F)sc2c1CCCCC2. The minimum atomic E-state index is -0.863. The Morgan fingerprint density at radius 2 is 2.00 bits per heavy atom. The molecule has 2 aromatic heterocycles. The average Bonchev–Trinajstić information content (AvgIpc) is 3.23. The predicted octanol–water partition coefficient (Wildman–Crippen LogP) is 5.21. The van der Waals surface area contributed by atoms with Crippen LogP contribution in [0.2, 0.25) is 0 Å². The monoisotopic (exact) mass is 476 g/mol. The van der Waals surface area contributed by atoms with Crippen LogP contribution in [0, 0.1) is 18.6 Å². The van der Waals surface area contributed by atoms with Crippen LogP contribution in [0.5, 0.6) is 5.75 Å². The van der Waals surface area contributed by atoms with Crippen LogP contribution in [0.15, 0.2) is 22.7 Å². The number of aryl methyl sites for hydroxylation is 2. The second kappa shape index (κ2) is 9.70. The maximum atomic E-state index is 13.9. The van der Waals surface area contributed by atoms with Crippen molar-refractivity contribution in [2.24, 2.45) is 0 Å². The molecule has 1 aromatic carbocycles. The van der Waals surface area contributed by atoms with E-state index in [1.54, 1.807) is 6.92 Å². The van der Waals surface area contributed by atoms with E-state index in [1.807, 2.05) is 0 Å². The van der Waals surface area contributed by atoms with Crippen LogP contribution in [0.4, 0.5) is 13.8 Å². The molecular formula is C23H22F2N2O5S. The molecule has 0 bridgehead atoms. The van der Waals surface area contributed by atoms with Crippen molar-refractivity contribution >= 4 is 28.2 Å². The summed E-state index contributed by atoms with van der Waals surface area (Å²) in [6.07, 6.45) is 4.65. The van der Waals surface area contributed by atoms with Gasteiger partial charge in [-0.15, -0.1) is 11.3 Å². The summed E-state index contributed by atoms with van der Waals surface area (Å²) in [5.41, 5.74) is 1.56. The average molecular weight is 477 g/mol. The van der Waals surface area contributed by atoms with Gasteiger partial charge in [-0.3, -0.25) is 4.79 Å². The quantitative estimate of drug-likeness (QED) is 0.388. The van der Waals surface area contributed by atoms with Crippen LogP contribution in [0.1, 0.15) is 61.9 Å². The Hall–Kier alpha value is -3.27. The number of nitrogens with zero attached hydrogens (tertiary/aromatic N) is 1. The first kappa shape index (κ1) is 22.9. The van der Waals surface area contributed by atoms with Gasteiger partial charge in [-0.2, -0.15) is 0 Å². The van der Waals surface area contributed by atoms with Crippen LogP contribution >= 0.6 is 11.3 Å². The molecule has 0 radical (unpaired) electrons. The first-order valence-electron chi connectivity index (χ1n) is 10.5. The molecule has 0 saturated heterocycles. The fourth-order valence-electron chi connectivity index (χ4n) is 3.79. The predicted molar refractivity (Wildman–Crippen MR) is 117 cm³/mol. The van der Waals surface area contributed by atoms with Crippen molar-refractivity contribution in [1.82, 2.24) is 5.16 Å². The summed E-state index contributed by atoms with van der Waals surface area (Å²) >= 11 is 1.36. The number of carbonyl (C=O) groups is 2. The molecule has 4 rings (SSSR count). The fourth-order valence-corrected chi connectivity index (χ4v) is 5.07. The van der Waals surface area contributed by atoms with Gasteiger partial charge in [-0.1, -0.05) is 11.6 Å². The molecule has 10 heteroatoms. The first-order valence-corrected chi connectivity index (χ1v) is 11.3. The second-order valence-corrected chi connectivity index (χ2v) is 8.75. The second-order valence-electron chi connectivity index (χ2n) is 7.64. The van der Waals surface area contributed by atoms with Crippen molar-refractivity contribution in [2.75, 3.05) is 12.4 Å². The lowest BCUT2D eigenvalue weighted by Gasteiger charge is -2.09. The number of benzene rings is 1. The maximum absolute atomic E-state index is 13.9. The largest absolute Gasteiger partial charge is 0.486 e. The zero-order valence-electron chi connectivity index (χ0n) is 18.1. The zero-order chi connectivity index (χ0) is 23.5. The van der Waals surface area contributed by atoms with Crippen molar-refractivity contribution in [2.45, 2.75) is 45.6 Å². The van der Waals surface area contributed by atoms with Gasteiger partial charge >= 0.3 is 5.97 Å². The third kappa shape index (κ3) is 4.75. The van der Waals surface area contributed by atoms with Gasteiger partial charge in [0.2, 0.25) is 0 Å². The Bertz CT molecular complexity index is 1200. The molecule has 174 valence electrons. The van der Waals surface area contributed by atoms with Crippen molar-refractivity contribution in [3.05, 3.63) is 62.9 Å². The molecule has 1 N–H and O–H groups in total. The summed E-state index contributed by atoms with van der Waals surface area (Å²) in [5.74, 6) is -2.53. The number of fused-ring (bicyclic) bond motifs is 1. The van der Waals surface area contributed by atoms with Gasteiger partial charge in [-0.25, -0.2) is 13.6 Å². The van der Waals surface area contributed by atoms with E-state index in [9.17, 15) is 18.4 Å². The third-order valence-electron chi connectivity index (χ3n) is 5.50. The van der Waals surface area contributed by atoms with E-state index in [0.717, 1.165) is 54.7 Å². The molecule has 2 heterocycles. The normalized spacial score (nSPS) is 13.2. The van der Waals surface area contributed by atoms with Gasteiger partial charge in [0, 0.05) is 10.9 Å². The molecule has 1 aliphatic rings. The van der Waals surface area contributed by atoms with Gasteiger partial charge < -0.3 is 19.3 Å². The highest BCUT2D eigenvalue weighted by molar-refractivity contribution is 7.17. The van der Waals surface area contributed by atoms with Crippen molar-refractivity contribution in [3.8, 4) is 5.75 Å². The summed E-state index contributed by atoms with van der Waals surface area (Å²) in [6, 6.07) is 2.94. The standard InChI is InChI=1S/C23H22F2N2O5S/c1-12-15(11-31-17-9-8-13(24)10-16(17)25)20(27-32-12)21(28)26-22-19(23(29)30-2)14-6-4-3-5-7-18(14)33-22/h8-10H,3-7,11H2,1-2H3,(H,26,28). The third-order valence-corrected chi connectivity index (χ3v) is 6.71. The molecule has 7 nitrogen and oxygen atoms in total. The number of nitrogens with one attached hydrogen (secondary N) is 1. The molecule has 0 atom stereocenters. The molecule has 1 aliphatic carbocycles. The Balaban J connectivity index is 1.58. The van der Waals surface area contributed by atoms with Gasteiger partial charge in [0.15, 0.2) is 17.3 Å². The summed E-state index contributed by atoms with van der Waals surface area (Å²) in [4.78, 5) is 26.6. The molecule has 1 amide bonds. The maximum Gasteiger partial charge on any atom is 0.341 e. The lowest BCUT2D eigenvalue weighted by Crippen LogP contribution is -2.17. The molecule has 0 fully saturated rings. The molecule has 0 spiro atoms. The van der Waals surface area contributed by atoms with E-state index in [4.69, 9.17) is 14.0 Å². The van der Waals surface area contributed by atoms with Crippen LogP contribution in [-0.4, -0.2) is 24.1 Å². The number of ether oxygens (including phenoxy) is 2. The topological polar surface area (TPSA) is 90.7 Å². The highest BCUT2D eigenvalue weighted by Gasteiger charge is 2.28. The molecule has 3 aromatic rings. The summed E-state index contributed by atoms with van der Waals surface area (Å²) in [5, 5.41) is 6.99. The number of methoxy groups -OCH3 is 1. The van der Waals surface area contributed by atoms with Crippen molar-refractivity contribution < 1.29 is 32.4 Å². The van der Waals surface area contributed by atoms with Crippen LogP contribution < -0.4 is 10.1 Å². The van der Waals surface area contributed by atoms with E-state index in [1.165, 1.54) is 18.4 Å². The Labute approximate surface area is 192 Å². The van der Waals surface area contributed by atoms with Crippen LogP contribution in [0.3, 0.4) is 0 Å². The molecule has 0 saturated carbocycles. The Kier molecular flexibility index (Phi) is 6.73. The van der Waals surface area contributed by atoms with Crippen LogP contribution in [0.25, 0.3) is 0 Å². The smallest absolute Gasteiger partial charge is 0.341 e. The number of thiophene rings is 1. The summed E-state index contributed by atoms with van der Waals surface area (Å²) in [6.45, 7) is 1.38. The van der Waals surface area contributed by atoms with Gasteiger partial charge in [0.1, 0.15) is 23.2 Å². The van der Waals surface area contributed by atoms with Gasteiger partial charge in [0.25, 0.3) is 5.91 Å². The molecular weight excluding hydrogens is 454 g/mol. The van der Waals surface area contributed by atoms with Crippen molar-refractivity contribution in [3.63, 3.8) is 0 Å². The molecule has 0 unspecified atom stereocenters. The van der Waals surface area contributed by atoms with E-state index >= 15 is 0 Å². The van der Waals surface area contributed by atoms with E-state index < -0.39 is 23.5 Å². The first-order chi connectivity index (χ1) is 15.9. The van der Waals surface area contributed by atoms with Gasteiger partial charge in [0.05, 0.1) is 18.2 Å². The fraction of sp³-hybridized carbons (Fsp3) is 0.348. The number of anilines is 1. The Morgan fingerprint density at radius 1 is 1.21 bits per heavy atom. The van der Waals surface area contributed by atoms with E-state index in [0.29, 0.717) is 28.0 Å². The summed E-state index contributed by atoms with van der Waals surface area (Å²) in [7, 11) is 1.31. The number of rotatable bonds is 6. The highest BCUT2D eigenvalue weighted by Crippen LogP contribution is 2.38. The minimum Gasteiger partial charge on any atom is -0.486 e. The lowest BCUT2D eigenvalue weighted by molar-refractivity contribution is 0.0601. The Morgan fingerprint density at radius 3 is 2.76 bits per heavy atom.